The van der Waals surface area contributed by atoms with E-state index in [9.17, 15) is 14.4 Å². The van der Waals surface area contributed by atoms with Gasteiger partial charge in [0.15, 0.2) is 11.5 Å². The standard InChI is InChI=1S/C23H25NO6/c1-15(2)30-19-11-10-16(14-20(19)28-3)23(27)29-13-7-6-12-24-21(25)17-8-4-5-9-18(17)22(24)26/h4-5,8-11,14-15H,6-7,12-13H2,1-3H3. The van der Waals surface area contributed by atoms with Crippen LogP contribution in [0.1, 0.15) is 57.8 Å². The molecule has 7 nitrogen and oxygen atoms in total. The van der Waals surface area contributed by atoms with Gasteiger partial charge in [0.25, 0.3) is 11.8 Å². The maximum Gasteiger partial charge on any atom is 0.338 e. The highest BCUT2D eigenvalue weighted by molar-refractivity contribution is 6.21. The summed E-state index contributed by atoms with van der Waals surface area (Å²) < 4.78 is 16.2. The van der Waals surface area contributed by atoms with Gasteiger partial charge in [-0.1, -0.05) is 12.1 Å². The molecule has 2 aromatic rings. The fourth-order valence-electron chi connectivity index (χ4n) is 3.21. The van der Waals surface area contributed by atoms with E-state index < -0.39 is 5.97 Å². The van der Waals surface area contributed by atoms with E-state index in [1.807, 2.05) is 13.8 Å². The fraction of sp³-hybridized carbons (Fsp3) is 0.348. The number of methoxy groups -OCH3 is 1. The van der Waals surface area contributed by atoms with Gasteiger partial charge in [-0.3, -0.25) is 14.5 Å². The summed E-state index contributed by atoms with van der Waals surface area (Å²) in [6.07, 6.45) is 1.06. The molecular weight excluding hydrogens is 386 g/mol. The molecule has 0 spiro atoms. The predicted molar refractivity (Wildman–Crippen MR) is 110 cm³/mol. The van der Waals surface area contributed by atoms with E-state index in [2.05, 4.69) is 0 Å². The summed E-state index contributed by atoms with van der Waals surface area (Å²) >= 11 is 0. The quantitative estimate of drug-likeness (QED) is 0.355. The number of nitrogens with zero attached hydrogens (tertiary/aromatic N) is 1. The molecule has 1 aliphatic heterocycles. The second-order valence-corrected chi connectivity index (χ2v) is 7.18. The number of esters is 1. The number of hydrogen-bond acceptors (Lipinski definition) is 6. The van der Waals surface area contributed by atoms with Crippen molar-refractivity contribution < 1.29 is 28.6 Å². The zero-order chi connectivity index (χ0) is 21.7. The Morgan fingerprint density at radius 3 is 2.23 bits per heavy atom. The van der Waals surface area contributed by atoms with Crippen LogP contribution in [0.2, 0.25) is 0 Å². The van der Waals surface area contributed by atoms with Crippen molar-refractivity contribution in [2.75, 3.05) is 20.3 Å². The topological polar surface area (TPSA) is 82.1 Å². The normalized spacial score (nSPS) is 12.9. The number of rotatable bonds is 9. The van der Waals surface area contributed by atoms with Gasteiger partial charge in [0, 0.05) is 6.54 Å². The first-order valence-corrected chi connectivity index (χ1v) is 9.89. The van der Waals surface area contributed by atoms with Gasteiger partial charge in [0.05, 0.1) is 36.5 Å². The number of amides is 2. The van der Waals surface area contributed by atoms with Crippen LogP contribution in [-0.2, 0) is 4.74 Å². The number of unbranched alkanes of at least 4 members (excludes halogenated alkanes) is 1. The van der Waals surface area contributed by atoms with Crippen LogP contribution in [0.3, 0.4) is 0 Å². The van der Waals surface area contributed by atoms with Crippen LogP contribution in [-0.4, -0.2) is 49.0 Å². The molecule has 0 unspecified atom stereocenters. The van der Waals surface area contributed by atoms with Gasteiger partial charge in [-0.2, -0.15) is 0 Å². The summed E-state index contributed by atoms with van der Waals surface area (Å²) in [4.78, 5) is 38.2. The number of carbonyl (C=O) groups is 3. The fourth-order valence-corrected chi connectivity index (χ4v) is 3.21. The predicted octanol–water partition coefficient (Wildman–Crippen LogP) is 3.72. The molecule has 0 aliphatic carbocycles. The number of ether oxygens (including phenoxy) is 3. The van der Waals surface area contributed by atoms with Crippen LogP contribution >= 0.6 is 0 Å². The third-order valence-corrected chi connectivity index (χ3v) is 4.65. The molecule has 0 aromatic heterocycles. The highest BCUT2D eigenvalue weighted by Crippen LogP contribution is 2.29. The average molecular weight is 411 g/mol. The lowest BCUT2D eigenvalue weighted by atomic mass is 10.1. The van der Waals surface area contributed by atoms with E-state index in [1.165, 1.54) is 12.0 Å². The molecule has 0 saturated carbocycles. The molecule has 1 aliphatic rings. The molecule has 2 amide bonds. The molecule has 0 saturated heterocycles. The van der Waals surface area contributed by atoms with Gasteiger partial charge in [-0.15, -0.1) is 0 Å². The molecule has 0 N–H and O–H groups in total. The van der Waals surface area contributed by atoms with Crippen LogP contribution in [0.5, 0.6) is 11.5 Å². The summed E-state index contributed by atoms with van der Waals surface area (Å²) in [5.74, 6) is 0.00527. The van der Waals surface area contributed by atoms with Crippen molar-refractivity contribution >= 4 is 17.8 Å². The lowest BCUT2D eigenvalue weighted by Gasteiger charge is -2.15. The number of imide groups is 1. The Balaban J connectivity index is 1.47. The number of carbonyl (C=O) groups excluding carboxylic acids is 3. The van der Waals surface area contributed by atoms with Crippen molar-refractivity contribution in [2.45, 2.75) is 32.8 Å². The second-order valence-electron chi connectivity index (χ2n) is 7.18. The Bertz CT molecular complexity index is 917. The van der Waals surface area contributed by atoms with Crippen LogP contribution < -0.4 is 9.47 Å². The lowest BCUT2D eigenvalue weighted by molar-refractivity contribution is 0.0485. The molecule has 0 atom stereocenters. The van der Waals surface area contributed by atoms with Gasteiger partial charge >= 0.3 is 5.97 Å². The van der Waals surface area contributed by atoms with Crippen LogP contribution in [0.4, 0.5) is 0 Å². The largest absolute Gasteiger partial charge is 0.493 e. The number of benzene rings is 2. The van der Waals surface area contributed by atoms with Gasteiger partial charge in [0.1, 0.15) is 0 Å². The summed E-state index contributed by atoms with van der Waals surface area (Å²) in [6, 6.07) is 11.7. The van der Waals surface area contributed by atoms with E-state index in [-0.39, 0.29) is 24.5 Å². The molecule has 3 rings (SSSR count). The Morgan fingerprint density at radius 2 is 1.63 bits per heavy atom. The molecule has 0 radical (unpaired) electrons. The van der Waals surface area contributed by atoms with Crippen LogP contribution in [0, 0.1) is 0 Å². The third kappa shape index (κ3) is 4.62. The van der Waals surface area contributed by atoms with Gasteiger partial charge in [-0.05, 0) is 57.0 Å². The zero-order valence-electron chi connectivity index (χ0n) is 17.3. The summed E-state index contributed by atoms with van der Waals surface area (Å²) in [7, 11) is 1.51. The highest BCUT2D eigenvalue weighted by Gasteiger charge is 2.34. The first-order valence-electron chi connectivity index (χ1n) is 9.89. The highest BCUT2D eigenvalue weighted by atomic mass is 16.5. The van der Waals surface area contributed by atoms with Crippen LogP contribution in [0.15, 0.2) is 42.5 Å². The SMILES string of the molecule is COc1cc(C(=O)OCCCCN2C(=O)c3ccccc3C2=O)ccc1OC(C)C. The maximum absolute atomic E-state index is 12.3. The van der Waals surface area contributed by atoms with E-state index in [1.54, 1.807) is 42.5 Å². The molecule has 0 bridgehead atoms. The van der Waals surface area contributed by atoms with Crippen molar-refractivity contribution in [3.05, 3.63) is 59.2 Å². The first-order chi connectivity index (χ1) is 14.4. The Labute approximate surface area is 175 Å². The second kappa shape index (κ2) is 9.43. The average Bonchev–Trinajstić information content (AvgIpc) is 2.98. The van der Waals surface area contributed by atoms with Crippen molar-refractivity contribution in [1.29, 1.82) is 0 Å². The minimum absolute atomic E-state index is 0.0149. The Hall–Kier alpha value is -3.35. The van der Waals surface area contributed by atoms with E-state index in [0.717, 1.165) is 0 Å². The lowest BCUT2D eigenvalue weighted by Crippen LogP contribution is -2.30. The van der Waals surface area contributed by atoms with E-state index >= 15 is 0 Å². The van der Waals surface area contributed by atoms with Crippen molar-refractivity contribution in [1.82, 2.24) is 4.90 Å². The van der Waals surface area contributed by atoms with Crippen molar-refractivity contribution in [3.63, 3.8) is 0 Å². The van der Waals surface area contributed by atoms with E-state index in [4.69, 9.17) is 14.2 Å². The summed E-state index contributed by atoms with van der Waals surface area (Å²) in [6.45, 7) is 4.29. The monoisotopic (exact) mass is 411 g/mol. The molecular formula is C23H25NO6. The van der Waals surface area contributed by atoms with E-state index in [0.29, 0.717) is 47.6 Å². The third-order valence-electron chi connectivity index (χ3n) is 4.65. The molecule has 30 heavy (non-hydrogen) atoms. The first kappa shape index (κ1) is 21.4. The maximum atomic E-state index is 12.3. The Kier molecular flexibility index (Phi) is 6.72. The summed E-state index contributed by atoms with van der Waals surface area (Å²) in [5.41, 5.74) is 1.24. The number of hydrogen-bond donors (Lipinski definition) is 0. The zero-order valence-corrected chi connectivity index (χ0v) is 17.3. The smallest absolute Gasteiger partial charge is 0.338 e. The number of fused-ring (bicyclic) bond motifs is 1. The summed E-state index contributed by atoms with van der Waals surface area (Å²) in [5, 5.41) is 0. The molecule has 7 heteroatoms. The van der Waals surface area contributed by atoms with Gasteiger partial charge < -0.3 is 14.2 Å². The molecule has 1 heterocycles. The van der Waals surface area contributed by atoms with Gasteiger partial charge in [0.2, 0.25) is 0 Å². The molecule has 2 aromatic carbocycles. The Morgan fingerprint density at radius 1 is 0.967 bits per heavy atom. The van der Waals surface area contributed by atoms with Crippen molar-refractivity contribution in [2.24, 2.45) is 0 Å². The molecule has 158 valence electrons. The minimum Gasteiger partial charge on any atom is -0.493 e. The van der Waals surface area contributed by atoms with Crippen LogP contribution in [0.25, 0.3) is 0 Å². The van der Waals surface area contributed by atoms with Gasteiger partial charge in [-0.25, -0.2) is 4.79 Å². The van der Waals surface area contributed by atoms with Crippen molar-refractivity contribution in [3.8, 4) is 11.5 Å². The minimum atomic E-state index is -0.467. The molecule has 0 fully saturated rings.